The third kappa shape index (κ3) is 3.31. The van der Waals surface area contributed by atoms with E-state index >= 15 is 0 Å². The normalized spacial score (nSPS) is 12.2. The van der Waals surface area contributed by atoms with Gasteiger partial charge in [-0.3, -0.25) is 0 Å². The molecule has 0 N–H and O–H groups in total. The molecule has 1 aromatic heterocycles. The Labute approximate surface area is 126 Å². The molecule has 2 aromatic rings. The molecule has 1 aromatic carbocycles. The molecule has 2 rings (SSSR count). The Hall–Kier alpha value is -1.00. The molecule has 0 bridgehead atoms. The van der Waals surface area contributed by atoms with Gasteiger partial charge in [0.25, 0.3) is 0 Å². The van der Waals surface area contributed by atoms with Gasteiger partial charge in [-0.05, 0) is 48.1 Å². The van der Waals surface area contributed by atoms with Crippen LogP contribution in [0.2, 0.25) is 0 Å². The molecule has 0 radical (unpaired) electrons. The van der Waals surface area contributed by atoms with Crippen molar-refractivity contribution in [1.29, 1.82) is 0 Å². The molecule has 0 saturated carbocycles. The van der Waals surface area contributed by atoms with Gasteiger partial charge in [-0.1, -0.05) is 22.0 Å². The molecular weight excluding hydrogens is 324 g/mol. The number of ether oxygens (including phenoxy) is 2. The summed E-state index contributed by atoms with van der Waals surface area (Å²) in [6, 6.07) is 8.23. The van der Waals surface area contributed by atoms with Gasteiger partial charge in [0.15, 0.2) is 11.5 Å². The lowest BCUT2D eigenvalue weighted by Gasteiger charge is -2.12. The second-order valence-corrected chi connectivity index (χ2v) is 6.38. The summed E-state index contributed by atoms with van der Waals surface area (Å²) in [5.41, 5.74) is 2.57. The minimum Gasteiger partial charge on any atom is -0.493 e. The molecular formula is C15H17BrO2S. The van der Waals surface area contributed by atoms with Crippen LogP contribution in [-0.2, 0) is 6.42 Å². The third-order valence-corrected chi connectivity index (χ3v) is 5.27. The van der Waals surface area contributed by atoms with Crippen molar-refractivity contribution in [3.8, 4) is 11.5 Å². The lowest BCUT2D eigenvalue weighted by atomic mass is 10.1. The molecule has 102 valence electrons. The Morgan fingerprint density at radius 1 is 1.16 bits per heavy atom. The fourth-order valence-corrected chi connectivity index (χ4v) is 3.97. The van der Waals surface area contributed by atoms with Crippen molar-refractivity contribution in [2.75, 3.05) is 14.2 Å². The monoisotopic (exact) mass is 340 g/mol. The lowest BCUT2D eigenvalue weighted by Crippen LogP contribution is -1.97. The van der Waals surface area contributed by atoms with E-state index in [9.17, 15) is 0 Å². The minimum atomic E-state index is 0.339. The molecule has 0 spiro atoms. The second kappa shape index (κ2) is 6.44. The van der Waals surface area contributed by atoms with Crippen molar-refractivity contribution in [3.63, 3.8) is 0 Å². The molecule has 4 heteroatoms. The average Bonchev–Trinajstić information content (AvgIpc) is 2.85. The molecule has 1 unspecified atom stereocenters. The highest BCUT2D eigenvalue weighted by Crippen LogP contribution is 2.35. The van der Waals surface area contributed by atoms with Crippen LogP contribution in [0.15, 0.2) is 29.6 Å². The first-order chi connectivity index (χ1) is 9.15. The zero-order chi connectivity index (χ0) is 13.8. The van der Waals surface area contributed by atoms with Crippen LogP contribution in [0.3, 0.4) is 0 Å². The number of rotatable bonds is 5. The highest BCUT2D eigenvalue weighted by molar-refractivity contribution is 9.09. The van der Waals surface area contributed by atoms with Crippen molar-refractivity contribution < 1.29 is 9.47 Å². The van der Waals surface area contributed by atoms with Gasteiger partial charge in [-0.15, -0.1) is 11.3 Å². The van der Waals surface area contributed by atoms with E-state index < -0.39 is 0 Å². The van der Waals surface area contributed by atoms with Gasteiger partial charge in [0, 0.05) is 4.88 Å². The van der Waals surface area contributed by atoms with Crippen molar-refractivity contribution in [1.82, 2.24) is 0 Å². The average molecular weight is 341 g/mol. The van der Waals surface area contributed by atoms with Crippen LogP contribution in [0.1, 0.15) is 20.8 Å². The molecule has 1 atom stereocenters. The van der Waals surface area contributed by atoms with Gasteiger partial charge in [0.05, 0.1) is 19.0 Å². The van der Waals surface area contributed by atoms with Crippen LogP contribution in [0.25, 0.3) is 0 Å². The number of alkyl halides is 1. The molecule has 1 heterocycles. The Kier molecular flexibility index (Phi) is 4.88. The van der Waals surface area contributed by atoms with E-state index in [1.807, 2.05) is 12.1 Å². The second-order valence-electron chi connectivity index (χ2n) is 4.33. The highest BCUT2D eigenvalue weighted by atomic mass is 79.9. The number of aryl methyl sites for hydroxylation is 1. The molecule has 0 aliphatic carbocycles. The Morgan fingerprint density at radius 3 is 2.47 bits per heavy atom. The van der Waals surface area contributed by atoms with Crippen LogP contribution in [0, 0.1) is 6.92 Å². The van der Waals surface area contributed by atoms with E-state index in [1.54, 1.807) is 25.6 Å². The molecule has 0 fully saturated rings. The lowest BCUT2D eigenvalue weighted by molar-refractivity contribution is 0.354. The van der Waals surface area contributed by atoms with Crippen LogP contribution in [0.4, 0.5) is 0 Å². The summed E-state index contributed by atoms with van der Waals surface area (Å²) in [6.07, 6.45) is 0.932. The summed E-state index contributed by atoms with van der Waals surface area (Å²) in [4.78, 5) is 1.72. The van der Waals surface area contributed by atoms with E-state index in [0.29, 0.717) is 4.83 Å². The van der Waals surface area contributed by atoms with Crippen LogP contribution < -0.4 is 9.47 Å². The van der Waals surface area contributed by atoms with Gasteiger partial charge in [0.2, 0.25) is 0 Å². The predicted molar refractivity (Wildman–Crippen MR) is 84.0 cm³/mol. The van der Waals surface area contributed by atoms with E-state index in [0.717, 1.165) is 17.9 Å². The molecule has 0 aliphatic rings. The van der Waals surface area contributed by atoms with Gasteiger partial charge in [0.1, 0.15) is 0 Å². The maximum absolute atomic E-state index is 5.34. The SMILES string of the molecule is COc1ccc(CC(Br)c2sccc2C)cc1OC. The Bertz CT molecular complexity index is 551. The number of benzene rings is 1. The topological polar surface area (TPSA) is 18.5 Å². The predicted octanol–water partition coefficient (Wildman–Crippen LogP) is 4.75. The molecule has 0 saturated heterocycles. The van der Waals surface area contributed by atoms with Crippen molar-refractivity contribution in [3.05, 3.63) is 45.6 Å². The standard InChI is InChI=1S/C15H17BrO2S/c1-10-6-7-19-15(10)12(16)8-11-4-5-13(17-2)14(9-11)18-3/h4-7,9,12H,8H2,1-3H3. The number of halogens is 1. The Morgan fingerprint density at radius 2 is 1.89 bits per heavy atom. The summed E-state index contributed by atoms with van der Waals surface area (Å²) >= 11 is 5.56. The first kappa shape index (κ1) is 14.4. The fourth-order valence-electron chi connectivity index (χ4n) is 2.01. The summed E-state index contributed by atoms with van der Waals surface area (Å²) in [5.74, 6) is 1.55. The fraction of sp³-hybridized carbons (Fsp3) is 0.333. The van der Waals surface area contributed by atoms with Gasteiger partial charge >= 0.3 is 0 Å². The van der Waals surface area contributed by atoms with E-state index in [4.69, 9.17) is 9.47 Å². The zero-order valence-corrected chi connectivity index (χ0v) is 13.7. The van der Waals surface area contributed by atoms with Crippen LogP contribution in [-0.4, -0.2) is 14.2 Å². The molecule has 19 heavy (non-hydrogen) atoms. The summed E-state index contributed by atoms with van der Waals surface area (Å²) in [5, 5.41) is 2.13. The van der Waals surface area contributed by atoms with Gasteiger partial charge in [-0.2, -0.15) is 0 Å². The first-order valence-corrected chi connectivity index (χ1v) is 7.84. The first-order valence-electron chi connectivity index (χ1n) is 6.04. The summed E-state index contributed by atoms with van der Waals surface area (Å²) < 4.78 is 10.6. The Balaban J connectivity index is 2.17. The largest absolute Gasteiger partial charge is 0.493 e. The van der Waals surface area contributed by atoms with E-state index in [1.165, 1.54) is 16.0 Å². The number of hydrogen-bond acceptors (Lipinski definition) is 3. The smallest absolute Gasteiger partial charge is 0.160 e. The minimum absolute atomic E-state index is 0.339. The quantitative estimate of drug-likeness (QED) is 0.731. The van der Waals surface area contributed by atoms with Gasteiger partial charge in [-0.25, -0.2) is 0 Å². The number of thiophene rings is 1. The highest BCUT2D eigenvalue weighted by Gasteiger charge is 2.14. The number of methoxy groups -OCH3 is 2. The van der Waals surface area contributed by atoms with E-state index in [-0.39, 0.29) is 0 Å². The molecule has 2 nitrogen and oxygen atoms in total. The maximum Gasteiger partial charge on any atom is 0.160 e. The summed E-state index contributed by atoms with van der Waals surface area (Å²) in [6.45, 7) is 2.15. The molecule has 0 aliphatic heterocycles. The molecule has 0 amide bonds. The number of hydrogen-bond donors (Lipinski definition) is 0. The van der Waals surface area contributed by atoms with Gasteiger partial charge < -0.3 is 9.47 Å². The van der Waals surface area contributed by atoms with Crippen molar-refractivity contribution >= 4 is 27.3 Å². The summed E-state index contributed by atoms with van der Waals surface area (Å²) in [7, 11) is 3.32. The third-order valence-electron chi connectivity index (χ3n) is 3.05. The van der Waals surface area contributed by atoms with Crippen molar-refractivity contribution in [2.24, 2.45) is 0 Å². The van der Waals surface area contributed by atoms with E-state index in [2.05, 4.69) is 40.4 Å². The maximum atomic E-state index is 5.34. The van der Waals surface area contributed by atoms with Crippen molar-refractivity contribution in [2.45, 2.75) is 18.2 Å². The zero-order valence-electron chi connectivity index (χ0n) is 11.3. The van der Waals surface area contributed by atoms with Crippen LogP contribution in [0.5, 0.6) is 11.5 Å². The van der Waals surface area contributed by atoms with Crippen LogP contribution >= 0.6 is 27.3 Å².